The number of nitrogens with zero attached hydrogens (tertiary/aromatic N) is 1. The van der Waals surface area contributed by atoms with Crippen molar-refractivity contribution in [3.05, 3.63) is 65.7 Å². The van der Waals surface area contributed by atoms with Crippen LogP contribution in [0.4, 0.5) is 8.78 Å². The SMILES string of the molecule is CCN(CC)C(C(=O)NCc1cccc(OC(F)F)c1)c1ccccc1. The summed E-state index contributed by atoms with van der Waals surface area (Å²) in [5.41, 5.74) is 1.62. The molecule has 2 aromatic carbocycles. The molecule has 1 atom stereocenters. The van der Waals surface area contributed by atoms with Gasteiger partial charge in [0, 0.05) is 6.54 Å². The average Bonchev–Trinajstić information content (AvgIpc) is 2.64. The third kappa shape index (κ3) is 5.52. The molecule has 1 amide bonds. The van der Waals surface area contributed by atoms with Gasteiger partial charge in [-0.3, -0.25) is 9.69 Å². The summed E-state index contributed by atoms with van der Waals surface area (Å²) in [6.07, 6.45) is 0. The van der Waals surface area contributed by atoms with E-state index < -0.39 is 12.7 Å². The minimum absolute atomic E-state index is 0.0788. The van der Waals surface area contributed by atoms with Crippen molar-refractivity contribution in [3.8, 4) is 5.75 Å². The highest BCUT2D eigenvalue weighted by molar-refractivity contribution is 5.83. The number of hydrogen-bond acceptors (Lipinski definition) is 3. The van der Waals surface area contributed by atoms with Crippen molar-refractivity contribution in [1.29, 1.82) is 0 Å². The summed E-state index contributed by atoms with van der Waals surface area (Å²) in [5, 5.41) is 2.90. The summed E-state index contributed by atoms with van der Waals surface area (Å²) >= 11 is 0. The molecule has 0 radical (unpaired) electrons. The van der Waals surface area contributed by atoms with Crippen molar-refractivity contribution >= 4 is 5.91 Å². The van der Waals surface area contributed by atoms with Crippen molar-refractivity contribution < 1.29 is 18.3 Å². The van der Waals surface area contributed by atoms with E-state index >= 15 is 0 Å². The Balaban J connectivity index is 2.10. The van der Waals surface area contributed by atoms with Gasteiger partial charge in [-0.2, -0.15) is 8.78 Å². The lowest BCUT2D eigenvalue weighted by molar-refractivity contribution is -0.126. The Morgan fingerprint density at radius 3 is 2.38 bits per heavy atom. The highest BCUT2D eigenvalue weighted by atomic mass is 19.3. The van der Waals surface area contributed by atoms with Gasteiger partial charge in [0.2, 0.25) is 5.91 Å². The summed E-state index contributed by atoms with van der Waals surface area (Å²) < 4.78 is 29.1. The van der Waals surface area contributed by atoms with Crippen LogP contribution in [0.25, 0.3) is 0 Å². The van der Waals surface area contributed by atoms with Gasteiger partial charge < -0.3 is 10.1 Å². The third-order valence-electron chi connectivity index (χ3n) is 4.13. The van der Waals surface area contributed by atoms with Gasteiger partial charge in [0.25, 0.3) is 0 Å². The van der Waals surface area contributed by atoms with E-state index in [0.29, 0.717) is 5.56 Å². The van der Waals surface area contributed by atoms with E-state index in [-0.39, 0.29) is 18.2 Å². The van der Waals surface area contributed by atoms with Crippen LogP contribution in [0.2, 0.25) is 0 Å². The van der Waals surface area contributed by atoms with Crippen molar-refractivity contribution in [2.24, 2.45) is 0 Å². The van der Waals surface area contributed by atoms with Gasteiger partial charge >= 0.3 is 6.61 Å². The number of alkyl halides is 2. The zero-order chi connectivity index (χ0) is 18.9. The molecule has 0 aromatic heterocycles. The Kier molecular flexibility index (Phi) is 7.53. The lowest BCUT2D eigenvalue weighted by Gasteiger charge is -2.29. The number of halogens is 2. The number of hydrogen-bond donors (Lipinski definition) is 1. The maximum Gasteiger partial charge on any atom is 0.387 e. The molecular formula is C20H24F2N2O2. The number of benzene rings is 2. The van der Waals surface area contributed by atoms with E-state index in [1.54, 1.807) is 12.1 Å². The summed E-state index contributed by atoms with van der Waals surface area (Å²) in [6.45, 7) is 2.87. The molecule has 0 fully saturated rings. The van der Waals surface area contributed by atoms with Crippen LogP contribution >= 0.6 is 0 Å². The van der Waals surface area contributed by atoms with Gasteiger partial charge in [0.05, 0.1) is 0 Å². The number of nitrogens with one attached hydrogen (secondary N) is 1. The Hall–Kier alpha value is -2.47. The zero-order valence-corrected chi connectivity index (χ0v) is 15.0. The van der Waals surface area contributed by atoms with Gasteiger partial charge in [-0.05, 0) is 36.3 Å². The third-order valence-corrected chi connectivity index (χ3v) is 4.13. The smallest absolute Gasteiger partial charge is 0.387 e. The molecule has 0 aliphatic carbocycles. The Morgan fingerprint density at radius 2 is 1.77 bits per heavy atom. The monoisotopic (exact) mass is 362 g/mol. The first-order valence-electron chi connectivity index (χ1n) is 8.65. The van der Waals surface area contributed by atoms with E-state index in [2.05, 4.69) is 15.0 Å². The number of carbonyl (C=O) groups is 1. The molecule has 0 aliphatic rings. The fourth-order valence-corrected chi connectivity index (χ4v) is 2.87. The summed E-state index contributed by atoms with van der Waals surface area (Å²) in [4.78, 5) is 14.9. The van der Waals surface area contributed by atoms with E-state index in [1.807, 2.05) is 44.2 Å². The number of rotatable bonds is 9. The van der Waals surface area contributed by atoms with Gasteiger partial charge in [0.15, 0.2) is 0 Å². The first kappa shape index (κ1) is 19.8. The lowest BCUT2D eigenvalue weighted by atomic mass is 10.0. The summed E-state index contributed by atoms with van der Waals surface area (Å²) in [6, 6.07) is 15.5. The van der Waals surface area contributed by atoms with Crippen molar-refractivity contribution in [1.82, 2.24) is 10.2 Å². The molecule has 26 heavy (non-hydrogen) atoms. The highest BCUT2D eigenvalue weighted by Gasteiger charge is 2.25. The molecule has 4 nitrogen and oxygen atoms in total. The molecule has 2 rings (SSSR count). The quantitative estimate of drug-likeness (QED) is 0.733. The molecule has 0 heterocycles. The largest absolute Gasteiger partial charge is 0.435 e. The fraction of sp³-hybridized carbons (Fsp3) is 0.350. The van der Waals surface area contributed by atoms with E-state index in [4.69, 9.17) is 0 Å². The molecule has 1 N–H and O–H groups in total. The standard InChI is InChI=1S/C20H24F2N2O2/c1-3-24(4-2)18(16-10-6-5-7-11-16)19(25)23-14-15-9-8-12-17(13-15)26-20(21)22/h5-13,18,20H,3-4,14H2,1-2H3,(H,23,25). The molecule has 2 aromatic rings. The van der Waals surface area contributed by atoms with Crippen LogP contribution in [0, 0.1) is 0 Å². The molecule has 1 unspecified atom stereocenters. The minimum Gasteiger partial charge on any atom is -0.435 e. The Labute approximate surface area is 152 Å². The number of amides is 1. The van der Waals surface area contributed by atoms with Crippen molar-refractivity contribution in [2.45, 2.75) is 33.0 Å². The topological polar surface area (TPSA) is 41.6 Å². The van der Waals surface area contributed by atoms with Crippen LogP contribution < -0.4 is 10.1 Å². The van der Waals surface area contributed by atoms with Crippen LogP contribution in [0.5, 0.6) is 5.75 Å². The first-order valence-corrected chi connectivity index (χ1v) is 8.65. The molecule has 0 aliphatic heterocycles. The molecule has 0 spiro atoms. The van der Waals surface area contributed by atoms with Gasteiger partial charge in [0.1, 0.15) is 11.8 Å². The molecule has 0 saturated heterocycles. The van der Waals surface area contributed by atoms with Crippen LogP contribution in [0.1, 0.15) is 31.0 Å². The summed E-state index contributed by atoms with van der Waals surface area (Å²) in [7, 11) is 0. The van der Waals surface area contributed by atoms with Crippen LogP contribution in [-0.4, -0.2) is 30.5 Å². The minimum atomic E-state index is -2.87. The van der Waals surface area contributed by atoms with Crippen LogP contribution in [0.3, 0.4) is 0 Å². The van der Waals surface area contributed by atoms with Gasteiger partial charge in [-0.25, -0.2) is 0 Å². The predicted octanol–water partition coefficient (Wildman–Crippen LogP) is 3.99. The van der Waals surface area contributed by atoms with Crippen LogP contribution in [0.15, 0.2) is 54.6 Å². The Morgan fingerprint density at radius 1 is 1.08 bits per heavy atom. The second-order valence-electron chi connectivity index (χ2n) is 5.78. The maximum absolute atomic E-state index is 12.8. The molecule has 140 valence electrons. The zero-order valence-electron chi connectivity index (χ0n) is 15.0. The molecular weight excluding hydrogens is 338 g/mol. The summed E-state index contributed by atoms with van der Waals surface area (Å²) in [5.74, 6) is -0.0461. The Bertz CT molecular complexity index is 691. The second kappa shape index (κ2) is 9.87. The molecule has 0 saturated carbocycles. The fourth-order valence-electron chi connectivity index (χ4n) is 2.87. The van der Waals surface area contributed by atoms with Crippen molar-refractivity contribution in [2.75, 3.05) is 13.1 Å². The normalized spacial score (nSPS) is 12.2. The first-order chi connectivity index (χ1) is 12.5. The van der Waals surface area contributed by atoms with E-state index in [0.717, 1.165) is 18.7 Å². The number of ether oxygens (including phenoxy) is 1. The van der Waals surface area contributed by atoms with Gasteiger partial charge in [-0.1, -0.05) is 56.3 Å². The average molecular weight is 362 g/mol. The van der Waals surface area contributed by atoms with E-state index in [9.17, 15) is 13.6 Å². The molecule has 6 heteroatoms. The number of likely N-dealkylation sites (N-methyl/N-ethyl adjacent to an activating group) is 1. The van der Waals surface area contributed by atoms with Gasteiger partial charge in [-0.15, -0.1) is 0 Å². The van der Waals surface area contributed by atoms with Crippen molar-refractivity contribution in [3.63, 3.8) is 0 Å². The second-order valence-corrected chi connectivity index (χ2v) is 5.78. The lowest BCUT2D eigenvalue weighted by Crippen LogP contribution is -2.40. The van der Waals surface area contributed by atoms with E-state index in [1.165, 1.54) is 12.1 Å². The predicted molar refractivity (Wildman–Crippen MR) is 97.0 cm³/mol. The maximum atomic E-state index is 12.8. The number of carbonyl (C=O) groups excluding carboxylic acids is 1. The molecule has 0 bridgehead atoms. The van der Waals surface area contributed by atoms with Crippen LogP contribution in [-0.2, 0) is 11.3 Å². The highest BCUT2D eigenvalue weighted by Crippen LogP contribution is 2.21.